The van der Waals surface area contributed by atoms with Gasteiger partial charge in [0.1, 0.15) is 11.3 Å². The third-order valence-electron chi connectivity index (χ3n) is 4.54. The van der Waals surface area contributed by atoms with Crippen LogP contribution in [0.25, 0.3) is 11.4 Å². The molecular weight excluding hydrogens is 387 g/mol. The maximum atomic E-state index is 13.5. The van der Waals surface area contributed by atoms with Crippen molar-refractivity contribution >= 4 is 0 Å². The molecule has 2 rings (SSSR count). The average molecular weight is 415 g/mol. The zero-order valence-electron chi connectivity index (χ0n) is 16.8. The Hall–Kier alpha value is -2.13. The number of alkyl halides is 3. The Morgan fingerprint density at radius 3 is 2.48 bits per heavy atom. The van der Waals surface area contributed by atoms with E-state index < -0.39 is 23.9 Å². The van der Waals surface area contributed by atoms with E-state index in [0.717, 1.165) is 31.7 Å². The first-order valence-corrected chi connectivity index (χ1v) is 9.77. The second kappa shape index (κ2) is 10.1. The van der Waals surface area contributed by atoms with Gasteiger partial charge in [0.25, 0.3) is 0 Å². The first-order chi connectivity index (χ1) is 13.7. The predicted octanol–water partition coefficient (Wildman–Crippen LogP) is 4.66. The van der Waals surface area contributed by atoms with E-state index in [1.54, 1.807) is 0 Å². The molecule has 9 heteroatoms. The first-order valence-electron chi connectivity index (χ1n) is 9.77. The SMILES string of the molecule is CCCCCCCCOc1ccc(-c2noc([C@@](C)(N)CO)n2)cc1C(F)(F)F. The molecule has 0 aliphatic carbocycles. The summed E-state index contributed by atoms with van der Waals surface area (Å²) in [6.45, 7) is 3.38. The highest BCUT2D eigenvalue weighted by Gasteiger charge is 2.35. The van der Waals surface area contributed by atoms with Crippen molar-refractivity contribution in [3.05, 3.63) is 29.7 Å². The molecule has 162 valence electrons. The lowest BCUT2D eigenvalue weighted by Gasteiger charge is -2.15. The molecule has 3 N–H and O–H groups in total. The molecule has 0 amide bonds. The number of benzene rings is 1. The van der Waals surface area contributed by atoms with Crippen LogP contribution in [-0.4, -0.2) is 28.5 Å². The Bertz CT molecular complexity index is 776. The van der Waals surface area contributed by atoms with Gasteiger partial charge in [0.15, 0.2) is 0 Å². The van der Waals surface area contributed by atoms with Crippen LogP contribution >= 0.6 is 0 Å². The standard InChI is InChI=1S/C20H28F3N3O3/c1-3-4-5-6-7-8-11-28-16-10-9-14(12-15(16)20(21,22)23)17-25-18(29-26-17)19(2,24)13-27/h9-10,12,27H,3-8,11,13,24H2,1-2H3/t19-/m0/s1. The minimum atomic E-state index is -4.59. The van der Waals surface area contributed by atoms with Crippen LogP contribution in [-0.2, 0) is 11.7 Å². The highest BCUT2D eigenvalue weighted by molar-refractivity contribution is 5.59. The van der Waals surface area contributed by atoms with Crippen molar-refractivity contribution in [3.8, 4) is 17.1 Å². The number of aromatic nitrogens is 2. The first kappa shape index (κ1) is 23.2. The van der Waals surface area contributed by atoms with E-state index >= 15 is 0 Å². The van der Waals surface area contributed by atoms with E-state index in [4.69, 9.17) is 15.0 Å². The van der Waals surface area contributed by atoms with Crippen molar-refractivity contribution in [1.82, 2.24) is 10.1 Å². The van der Waals surface area contributed by atoms with Crippen LogP contribution in [0.1, 0.15) is 63.8 Å². The van der Waals surface area contributed by atoms with Gasteiger partial charge >= 0.3 is 6.18 Å². The Kier molecular flexibility index (Phi) is 8.04. The molecule has 0 radical (unpaired) electrons. The van der Waals surface area contributed by atoms with Gasteiger partial charge in [0.2, 0.25) is 11.7 Å². The molecule has 1 aromatic carbocycles. The van der Waals surface area contributed by atoms with E-state index in [1.165, 1.54) is 25.5 Å². The van der Waals surface area contributed by atoms with Gasteiger partial charge < -0.3 is 20.1 Å². The predicted molar refractivity (Wildman–Crippen MR) is 102 cm³/mol. The fourth-order valence-electron chi connectivity index (χ4n) is 2.72. The number of nitrogens with two attached hydrogens (primary N) is 1. The summed E-state index contributed by atoms with van der Waals surface area (Å²) in [6, 6.07) is 3.63. The van der Waals surface area contributed by atoms with Gasteiger partial charge in [0, 0.05) is 5.56 Å². The molecule has 6 nitrogen and oxygen atoms in total. The number of hydrogen-bond donors (Lipinski definition) is 2. The number of aliphatic hydroxyl groups excluding tert-OH is 1. The number of ether oxygens (including phenoxy) is 1. The largest absolute Gasteiger partial charge is 0.493 e. The van der Waals surface area contributed by atoms with Gasteiger partial charge in [-0.05, 0) is 31.5 Å². The number of nitrogens with zero attached hydrogens (tertiary/aromatic N) is 2. The molecule has 0 fully saturated rings. The smallest absolute Gasteiger partial charge is 0.419 e. The van der Waals surface area contributed by atoms with E-state index in [-0.39, 0.29) is 29.6 Å². The monoisotopic (exact) mass is 415 g/mol. The van der Waals surface area contributed by atoms with Gasteiger partial charge in [-0.25, -0.2) is 0 Å². The summed E-state index contributed by atoms with van der Waals surface area (Å²) in [5.74, 6) is -0.331. The molecule has 0 aliphatic rings. The van der Waals surface area contributed by atoms with Crippen molar-refractivity contribution < 1.29 is 27.5 Å². The van der Waals surface area contributed by atoms with Gasteiger partial charge in [0.05, 0.1) is 18.8 Å². The summed E-state index contributed by atoms with van der Waals surface area (Å²) < 4.78 is 50.9. The molecule has 1 atom stereocenters. The van der Waals surface area contributed by atoms with E-state index in [0.29, 0.717) is 6.42 Å². The quantitative estimate of drug-likeness (QED) is 0.519. The third kappa shape index (κ3) is 6.43. The molecule has 0 unspecified atom stereocenters. The van der Waals surface area contributed by atoms with Crippen molar-refractivity contribution in [3.63, 3.8) is 0 Å². The maximum Gasteiger partial charge on any atom is 0.419 e. The molecule has 2 aromatic rings. The minimum absolute atomic E-state index is 0.0434. The van der Waals surface area contributed by atoms with Crippen LogP contribution < -0.4 is 10.5 Å². The molecule has 0 saturated carbocycles. The van der Waals surface area contributed by atoms with E-state index in [9.17, 15) is 18.3 Å². The van der Waals surface area contributed by atoms with Crippen LogP contribution in [0.15, 0.2) is 22.7 Å². The minimum Gasteiger partial charge on any atom is -0.493 e. The molecule has 1 heterocycles. The van der Waals surface area contributed by atoms with E-state index in [2.05, 4.69) is 17.1 Å². The lowest BCUT2D eigenvalue weighted by molar-refractivity contribution is -0.138. The fraction of sp³-hybridized carbons (Fsp3) is 0.600. The molecule has 0 spiro atoms. The van der Waals surface area contributed by atoms with Crippen LogP contribution in [0.2, 0.25) is 0 Å². The number of halogens is 3. The van der Waals surface area contributed by atoms with Crippen molar-refractivity contribution in [2.75, 3.05) is 13.2 Å². The topological polar surface area (TPSA) is 94.4 Å². The van der Waals surface area contributed by atoms with Crippen LogP contribution in [0.4, 0.5) is 13.2 Å². The van der Waals surface area contributed by atoms with Crippen LogP contribution in [0, 0.1) is 0 Å². The summed E-state index contributed by atoms with van der Waals surface area (Å²) in [7, 11) is 0. The molecule has 0 bridgehead atoms. The van der Waals surface area contributed by atoms with Crippen molar-refractivity contribution in [1.29, 1.82) is 0 Å². The molecule has 0 saturated heterocycles. The van der Waals surface area contributed by atoms with Crippen LogP contribution in [0.3, 0.4) is 0 Å². The Labute approximate surface area is 168 Å². The number of unbranched alkanes of at least 4 members (excludes halogenated alkanes) is 5. The Balaban J connectivity index is 2.12. The summed E-state index contributed by atoms with van der Waals surface area (Å²) >= 11 is 0. The van der Waals surface area contributed by atoms with Gasteiger partial charge in [-0.15, -0.1) is 0 Å². The lowest BCUT2D eigenvalue weighted by Crippen LogP contribution is -2.37. The van der Waals surface area contributed by atoms with Gasteiger partial charge in [-0.1, -0.05) is 44.2 Å². The molecule has 29 heavy (non-hydrogen) atoms. The summed E-state index contributed by atoms with van der Waals surface area (Å²) in [5, 5.41) is 12.9. The average Bonchev–Trinajstić information content (AvgIpc) is 3.18. The summed E-state index contributed by atoms with van der Waals surface area (Å²) in [5.41, 5.74) is 3.75. The van der Waals surface area contributed by atoms with Crippen molar-refractivity contribution in [2.24, 2.45) is 5.73 Å². The van der Waals surface area contributed by atoms with E-state index in [1.807, 2.05) is 0 Å². The zero-order chi connectivity index (χ0) is 21.5. The Morgan fingerprint density at radius 1 is 1.14 bits per heavy atom. The second-order valence-corrected chi connectivity index (χ2v) is 7.32. The maximum absolute atomic E-state index is 13.5. The normalized spacial score (nSPS) is 14.0. The summed E-state index contributed by atoms with van der Waals surface area (Å²) in [6.07, 6.45) is 1.53. The van der Waals surface area contributed by atoms with Gasteiger partial charge in [-0.2, -0.15) is 18.2 Å². The highest BCUT2D eigenvalue weighted by Crippen LogP contribution is 2.38. The Morgan fingerprint density at radius 2 is 1.83 bits per heavy atom. The molecule has 0 aliphatic heterocycles. The number of aliphatic hydroxyl groups is 1. The molecular formula is C20H28F3N3O3. The lowest BCUT2D eigenvalue weighted by atomic mass is 10.1. The van der Waals surface area contributed by atoms with Gasteiger partial charge in [-0.3, -0.25) is 0 Å². The third-order valence-corrected chi connectivity index (χ3v) is 4.54. The zero-order valence-corrected chi connectivity index (χ0v) is 16.8. The van der Waals surface area contributed by atoms with Crippen LogP contribution in [0.5, 0.6) is 5.75 Å². The number of rotatable bonds is 11. The highest BCUT2D eigenvalue weighted by atomic mass is 19.4. The van der Waals surface area contributed by atoms with Crippen molar-refractivity contribution in [2.45, 2.75) is 64.1 Å². The summed E-state index contributed by atoms with van der Waals surface area (Å²) in [4.78, 5) is 4.02. The fourth-order valence-corrected chi connectivity index (χ4v) is 2.72. The second-order valence-electron chi connectivity index (χ2n) is 7.32. The molecule has 1 aromatic heterocycles. The number of hydrogen-bond acceptors (Lipinski definition) is 6.